The number of nitrogens with one attached hydrogen (secondary N) is 1. The van der Waals surface area contributed by atoms with Crippen LogP contribution in [0.15, 0.2) is 47.6 Å². The third kappa shape index (κ3) is 3.79. The van der Waals surface area contributed by atoms with E-state index in [4.69, 9.17) is 0 Å². The zero-order valence-electron chi connectivity index (χ0n) is 14.0. The molecule has 1 fully saturated rings. The molecule has 1 aliphatic rings. The highest BCUT2D eigenvalue weighted by Gasteiger charge is 2.15. The van der Waals surface area contributed by atoms with E-state index in [-0.39, 0.29) is 0 Å². The molecule has 3 heteroatoms. The van der Waals surface area contributed by atoms with Gasteiger partial charge < -0.3 is 5.32 Å². The summed E-state index contributed by atoms with van der Waals surface area (Å²) < 4.78 is 0. The van der Waals surface area contributed by atoms with E-state index < -0.39 is 0 Å². The Hall–Kier alpha value is -2.16. The average molecular weight is 307 g/mol. The Kier molecular flexibility index (Phi) is 5.06. The lowest BCUT2D eigenvalue weighted by molar-refractivity contribution is 0.443. The molecule has 0 aliphatic heterocycles. The Morgan fingerprint density at radius 2 is 1.83 bits per heavy atom. The molecule has 23 heavy (non-hydrogen) atoms. The summed E-state index contributed by atoms with van der Waals surface area (Å²) in [5.41, 5.74) is 4.59. The van der Waals surface area contributed by atoms with Crippen LogP contribution in [0.2, 0.25) is 0 Å². The highest BCUT2D eigenvalue weighted by molar-refractivity contribution is 6.08. The van der Waals surface area contributed by atoms with Crippen molar-refractivity contribution in [2.24, 2.45) is 4.99 Å². The number of benzene rings is 1. The SMILES string of the molecule is C/N=C(/Nc1ccc(C2CCCCC2)cc1)c1cccnc1C. The predicted molar refractivity (Wildman–Crippen MR) is 97.3 cm³/mol. The zero-order chi connectivity index (χ0) is 16.1. The van der Waals surface area contributed by atoms with Gasteiger partial charge in [0.1, 0.15) is 5.84 Å². The number of nitrogens with zero attached hydrogens (tertiary/aromatic N) is 2. The smallest absolute Gasteiger partial charge is 0.134 e. The summed E-state index contributed by atoms with van der Waals surface area (Å²) in [7, 11) is 1.81. The Balaban J connectivity index is 1.73. The molecule has 1 N–H and O–H groups in total. The largest absolute Gasteiger partial charge is 0.340 e. The minimum absolute atomic E-state index is 0.748. The quantitative estimate of drug-likeness (QED) is 0.645. The number of aryl methyl sites for hydroxylation is 1. The third-order valence-electron chi connectivity index (χ3n) is 4.74. The number of aliphatic imine (C=N–C) groups is 1. The van der Waals surface area contributed by atoms with Crippen LogP contribution in [0, 0.1) is 6.92 Å². The Morgan fingerprint density at radius 1 is 1.09 bits per heavy atom. The second kappa shape index (κ2) is 7.40. The Morgan fingerprint density at radius 3 is 2.48 bits per heavy atom. The van der Waals surface area contributed by atoms with E-state index in [0.717, 1.165) is 28.7 Å². The van der Waals surface area contributed by atoms with Crippen molar-refractivity contribution in [1.29, 1.82) is 0 Å². The highest BCUT2D eigenvalue weighted by atomic mass is 15.0. The molecular weight excluding hydrogens is 282 g/mol. The van der Waals surface area contributed by atoms with Crippen LogP contribution in [0.1, 0.15) is 54.8 Å². The van der Waals surface area contributed by atoms with Crippen molar-refractivity contribution in [3.63, 3.8) is 0 Å². The molecule has 0 atom stereocenters. The zero-order valence-corrected chi connectivity index (χ0v) is 14.0. The van der Waals surface area contributed by atoms with Gasteiger partial charge in [-0.05, 0) is 55.5 Å². The summed E-state index contributed by atoms with van der Waals surface area (Å²) in [4.78, 5) is 8.74. The van der Waals surface area contributed by atoms with Gasteiger partial charge in [-0.25, -0.2) is 0 Å². The van der Waals surface area contributed by atoms with Crippen molar-refractivity contribution in [1.82, 2.24) is 4.98 Å². The fraction of sp³-hybridized carbons (Fsp3) is 0.400. The van der Waals surface area contributed by atoms with Crippen LogP contribution in [0.4, 0.5) is 5.69 Å². The molecule has 0 unspecified atom stereocenters. The topological polar surface area (TPSA) is 37.3 Å². The summed E-state index contributed by atoms with van der Waals surface area (Å²) in [5, 5.41) is 3.43. The minimum Gasteiger partial charge on any atom is -0.340 e. The Bertz CT molecular complexity index is 668. The average Bonchev–Trinajstić information content (AvgIpc) is 2.62. The molecule has 0 amide bonds. The molecule has 0 radical (unpaired) electrons. The maximum Gasteiger partial charge on any atom is 0.134 e. The van der Waals surface area contributed by atoms with E-state index >= 15 is 0 Å². The lowest BCUT2D eigenvalue weighted by Gasteiger charge is -2.22. The van der Waals surface area contributed by atoms with Gasteiger partial charge in [-0.2, -0.15) is 0 Å². The fourth-order valence-corrected chi connectivity index (χ4v) is 3.39. The van der Waals surface area contributed by atoms with E-state index in [2.05, 4.69) is 39.6 Å². The van der Waals surface area contributed by atoms with E-state index in [0.29, 0.717) is 0 Å². The number of hydrogen-bond acceptors (Lipinski definition) is 2. The molecule has 0 saturated heterocycles. The monoisotopic (exact) mass is 307 g/mol. The van der Waals surface area contributed by atoms with Gasteiger partial charge in [0.2, 0.25) is 0 Å². The van der Waals surface area contributed by atoms with Crippen LogP contribution in [0.3, 0.4) is 0 Å². The van der Waals surface area contributed by atoms with Crippen molar-refractivity contribution >= 4 is 11.5 Å². The first-order valence-corrected chi connectivity index (χ1v) is 8.53. The predicted octanol–water partition coefficient (Wildman–Crippen LogP) is 4.93. The van der Waals surface area contributed by atoms with Gasteiger partial charge in [0, 0.05) is 30.2 Å². The van der Waals surface area contributed by atoms with Gasteiger partial charge in [-0.1, -0.05) is 31.4 Å². The maximum atomic E-state index is 4.39. The fourth-order valence-electron chi connectivity index (χ4n) is 3.39. The first-order chi connectivity index (χ1) is 11.3. The third-order valence-corrected chi connectivity index (χ3v) is 4.74. The van der Waals surface area contributed by atoms with E-state index in [9.17, 15) is 0 Å². The number of hydrogen-bond donors (Lipinski definition) is 1. The molecule has 1 heterocycles. The van der Waals surface area contributed by atoms with E-state index in [1.54, 1.807) is 0 Å². The first-order valence-electron chi connectivity index (χ1n) is 8.53. The summed E-state index contributed by atoms with van der Waals surface area (Å²) in [5.74, 6) is 1.61. The molecule has 0 bridgehead atoms. The minimum atomic E-state index is 0.748. The van der Waals surface area contributed by atoms with Crippen molar-refractivity contribution in [2.45, 2.75) is 44.9 Å². The highest BCUT2D eigenvalue weighted by Crippen LogP contribution is 2.33. The summed E-state index contributed by atoms with van der Waals surface area (Å²) in [6, 6.07) is 12.9. The van der Waals surface area contributed by atoms with Crippen LogP contribution in [0.25, 0.3) is 0 Å². The molecule has 0 spiro atoms. The van der Waals surface area contributed by atoms with Crippen molar-refractivity contribution in [2.75, 3.05) is 12.4 Å². The molecule has 3 nitrogen and oxygen atoms in total. The first kappa shape index (κ1) is 15.7. The molecule has 1 aromatic carbocycles. The second-order valence-electron chi connectivity index (χ2n) is 6.29. The maximum absolute atomic E-state index is 4.39. The molecule has 2 aromatic rings. The van der Waals surface area contributed by atoms with Crippen molar-refractivity contribution in [3.05, 3.63) is 59.4 Å². The van der Waals surface area contributed by atoms with Gasteiger partial charge in [-0.3, -0.25) is 9.98 Å². The molecule has 120 valence electrons. The van der Waals surface area contributed by atoms with Crippen LogP contribution in [-0.4, -0.2) is 17.9 Å². The van der Waals surface area contributed by atoms with Crippen LogP contribution >= 0.6 is 0 Å². The van der Waals surface area contributed by atoms with E-state index in [1.807, 2.05) is 32.3 Å². The number of pyridine rings is 1. The standard InChI is InChI=1S/C20H25N3/c1-15-19(9-6-14-22-15)20(21-2)23-18-12-10-17(11-13-18)16-7-4-3-5-8-16/h6,9-14,16H,3-5,7-8H2,1-2H3,(H,21,23). The molecule has 1 aliphatic carbocycles. The molecular formula is C20H25N3. The molecule has 1 aromatic heterocycles. The van der Waals surface area contributed by atoms with Crippen LogP contribution < -0.4 is 5.32 Å². The van der Waals surface area contributed by atoms with Gasteiger partial charge >= 0.3 is 0 Å². The Labute approximate surface area is 138 Å². The van der Waals surface area contributed by atoms with Gasteiger partial charge in [0.25, 0.3) is 0 Å². The molecule has 1 saturated carbocycles. The number of rotatable bonds is 3. The lowest BCUT2D eigenvalue weighted by Crippen LogP contribution is -2.15. The van der Waals surface area contributed by atoms with Gasteiger partial charge in [0.05, 0.1) is 0 Å². The number of aromatic nitrogens is 1. The normalized spacial score (nSPS) is 16.3. The van der Waals surface area contributed by atoms with Crippen LogP contribution in [-0.2, 0) is 0 Å². The van der Waals surface area contributed by atoms with Gasteiger partial charge in [-0.15, -0.1) is 0 Å². The van der Waals surface area contributed by atoms with Gasteiger partial charge in [0.15, 0.2) is 0 Å². The van der Waals surface area contributed by atoms with Crippen molar-refractivity contribution < 1.29 is 0 Å². The van der Waals surface area contributed by atoms with Crippen molar-refractivity contribution in [3.8, 4) is 0 Å². The van der Waals surface area contributed by atoms with Crippen LogP contribution in [0.5, 0.6) is 0 Å². The molecule has 3 rings (SSSR count). The lowest BCUT2D eigenvalue weighted by atomic mass is 9.84. The van der Waals surface area contributed by atoms with E-state index in [1.165, 1.54) is 37.7 Å². The summed E-state index contributed by atoms with van der Waals surface area (Å²) >= 11 is 0. The summed E-state index contributed by atoms with van der Waals surface area (Å²) in [6.45, 7) is 2.01. The second-order valence-corrected chi connectivity index (χ2v) is 6.29. The number of amidine groups is 1. The number of anilines is 1. The summed E-state index contributed by atoms with van der Waals surface area (Å²) in [6.07, 6.45) is 8.63.